The molecular formula is C13H22N2O. The van der Waals surface area contributed by atoms with E-state index >= 15 is 0 Å². The average molecular weight is 222 g/mol. The molecule has 0 N–H and O–H groups in total. The summed E-state index contributed by atoms with van der Waals surface area (Å²) in [4.78, 5) is 13.7. The molecule has 1 rings (SSSR count). The van der Waals surface area contributed by atoms with Gasteiger partial charge < -0.3 is 4.90 Å². The Labute approximate surface area is 98.4 Å². The van der Waals surface area contributed by atoms with Crippen molar-refractivity contribution in [2.75, 3.05) is 7.05 Å². The van der Waals surface area contributed by atoms with E-state index in [0.29, 0.717) is 18.4 Å². The molecule has 0 heterocycles. The van der Waals surface area contributed by atoms with Gasteiger partial charge in [0.15, 0.2) is 0 Å². The molecule has 16 heavy (non-hydrogen) atoms. The zero-order chi connectivity index (χ0) is 12.1. The van der Waals surface area contributed by atoms with Crippen LogP contribution in [0.4, 0.5) is 0 Å². The fourth-order valence-corrected chi connectivity index (χ4v) is 2.45. The Kier molecular flexibility index (Phi) is 4.79. The lowest BCUT2D eigenvalue weighted by atomic mass is 9.84. The molecule has 1 fully saturated rings. The van der Waals surface area contributed by atoms with Crippen LogP contribution in [0.1, 0.15) is 46.0 Å². The molecule has 0 bridgehead atoms. The van der Waals surface area contributed by atoms with Crippen LogP contribution in [0.2, 0.25) is 0 Å². The first-order chi connectivity index (χ1) is 7.56. The molecule has 0 aromatic rings. The molecule has 0 aliphatic heterocycles. The van der Waals surface area contributed by atoms with E-state index in [1.807, 2.05) is 25.8 Å². The van der Waals surface area contributed by atoms with Gasteiger partial charge in [0.05, 0.1) is 6.07 Å². The largest absolute Gasteiger partial charge is 0.343 e. The van der Waals surface area contributed by atoms with Crippen LogP contribution in [-0.4, -0.2) is 23.9 Å². The predicted octanol–water partition coefficient (Wildman–Crippen LogP) is 2.57. The van der Waals surface area contributed by atoms with Gasteiger partial charge in [0.1, 0.15) is 0 Å². The van der Waals surface area contributed by atoms with Crippen molar-refractivity contribution >= 4 is 5.91 Å². The standard InChI is InChI=1S/C13H22N2O/c1-10(2)13(16)15(3)12-6-4-11(5-7-12)8-9-14/h10-12H,4-8H2,1-3H3. The molecule has 0 radical (unpaired) electrons. The van der Waals surface area contributed by atoms with Crippen LogP contribution >= 0.6 is 0 Å². The van der Waals surface area contributed by atoms with E-state index in [9.17, 15) is 4.79 Å². The van der Waals surface area contributed by atoms with Gasteiger partial charge in [0.25, 0.3) is 0 Å². The fourth-order valence-electron chi connectivity index (χ4n) is 2.45. The second kappa shape index (κ2) is 5.89. The van der Waals surface area contributed by atoms with E-state index in [-0.39, 0.29) is 11.8 Å². The first-order valence-corrected chi connectivity index (χ1v) is 6.19. The molecule has 0 aromatic heterocycles. The van der Waals surface area contributed by atoms with Crippen LogP contribution in [0.5, 0.6) is 0 Å². The monoisotopic (exact) mass is 222 g/mol. The van der Waals surface area contributed by atoms with Crippen LogP contribution in [-0.2, 0) is 4.79 Å². The zero-order valence-corrected chi connectivity index (χ0v) is 10.6. The highest BCUT2D eigenvalue weighted by atomic mass is 16.2. The molecule has 3 nitrogen and oxygen atoms in total. The molecule has 3 heteroatoms. The van der Waals surface area contributed by atoms with Crippen LogP contribution in [0.15, 0.2) is 0 Å². The number of carbonyl (C=O) groups excluding carboxylic acids is 1. The van der Waals surface area contributed by atoms with Crippen molar-refractivity contribution in [2.45, 2.75) is 52.0 Å². The van der Waals surface area contributed by atoms with Gasteiger partial charge in [-0.2, -0.15) is 5.26 Å². The first-order valence-electron chi connectivity index (χ1n) is 6.19. The summed E-state index contributed by atoms with van der Waals surface area (Å²) in [6, 6.07) is 2.64. The molecule has 0 spiro atoms. The molecule has 0 aromatic carbocycles. The number of hydrogen-bond donors (Lipinski definition) is 0. The maximum atomic E-state index is 11.8. The third kappa shape index (κ3) is 3.23. The number of amides is 1. The van der Waals surface area contributed by atoms with Crippen molar-refractivity contribution in [1.82, 2.24) is 4.90 Å². The summed E-state index contributed by atoms with van der Waals surface area (Å²) in [6.07, 6.45) is 4.97. The quantitative estimate of drug-likeness (QED) is 0.736. The highest BCUT2D eigenvalue weighted by molar-refractivity contribution is 5.78. The zero-order valence-electron chi connectivity index (χ0n) is 10.6. The van der Waals surface area contributed by atoms with E-state index in [1.165, 1.54) is 0 Å². The SMILES string of the molecule is CC(C)C(=O)N(C)C1CCC(CC#N)CC1. The Bertz CT molecular complexity index is 272. The van der Waals surface area contributed by atoms with Crippen molar-refractivity contribution in [3.05, 3.63) is 0 Å². The van der Waals surface area contributed by atoms with Crippen molar-refractivity contribution in [2.24, 2.45) is 11.8 Å². The van der Waals surface area contributed by atoms with E-state index in [0.717, 1.165) is 25.7 Å². The molecule has 0 saturated heterocycles. The molecule has 1 aliphatic carbocycles. The predicted molar refractivity (Wildman–Crippen MR) is 63.6 cm³/mol. The number of carbonyl (C=O) groups is 1. The molecule has 0 atom stereocenters. The van der Waals surface area contributed by atoms with E-state index in [4.69, 9.17) is 5.26 Å². The van der Waals surface area contributed by atoms with Gasteiger partial charge in [0.2, 0.25) is 5.91 Å². The summed E-state index contributed by atoms with van der Waals surface area (Å²) in [5.74, 6) is 0.884. The Morgan fingerprint density at radius 3 is 2.38 bits per heavy atom. The van der Waals surface area contributed by atoms with Crippen LogP contribution < -0.4 is 0 Å². The molecule has 1 amide bonds. The third-order valence-electron chi connectivity index (χ3n) is 3.59. The minimum atomic E-state index is 0.0850. The van der Waals surface area contributed by atoms with Crippen LogP contribution in [0.25, 0.3) is 0 Å². The summed E-state index contributed by atoms with van der Waals surface area (Å²) in [5.41, 5.74) is 0. The van der Waals surface area contributed by atoms with Gasteiger partial charge in [0, 0.05) is 25.4 Å². The lowest BCUT2D eigenvalue weighted by molar-refractivity contribution is -0.136. The summed E-state index contributed by atoms with van der Waals surface area (Å²) >= 11 is 0. The molecular weight excluding hydrogens is 200 g/mol. The summed E-state index contributed by atoms with van der Waals surface area (Å²) in [5, 5.41) is 8.64. The maximum Gasteiger partial charge on any atom is 0.225 e. The minimum Gasteiger partial charge on any atom is -0.343 e. The van der Waals surface area contributed by atoms with Crippen molar-refractivity contribution in [3.63, 3.8) is 0 Å². The Morgan fingerprint density at radius 1 is 1.38 bits per heavy atom. The molecule has 1 saturated carbocycles. The van der Waals surface area contributed by atoms with Crippen molar-refractivity contribution in [1.29, 1.82) is 5.26 Å². The van der Waals surface area contributed by atoms with Gasteiger partial charge in [-0.15, -0.1) is 0 Å². The number of nitriles is 1. The fraction of sp³-hybridized carbons (Fsp3) is 0.846. The van der Waals surface area contributed by atoms with E-state index < -0.39 is 0 Å². The van der Waals surface area contributed by atoms with E-state index in [1.54, 1.807) is 0 Å². The first kappa shape index (κ1) is 13.0. The lowest BCUT2D eigenvalue weighted by Gasteiger charge is -2.35. The highest BCUT2D eigenvalue weighted by Crippen LogP contribution is 2.29. The topological polar surface area (TPSA) is 44.1 Å². The molecule has 1 aliphatic rings. The number of nitrogens with zero attached hydrogens (tertiary/aromatic N) is 2. The normalized spacial score (nSPS) is 25.2. The minimum absolute atomic E-state index is 0.0850. The van der Waals surface area contributed by atoms with Crippen molar-refractivity contribution in [3.8, 4) is 6.07 Å². The van der Waals surface area contributed by atoms with Gasteiger partial charge in [-0.25, -0.2) is 0 Å². The summed E-state index contributed by atoms with van der Waals surface area (Å²) < 4.78 is 0. The van der Waals surface area contributed by atoms with Gasteiger partial charge in [-0.3, -0.25) is 4.79 Å². The van der Waals surface area contributed by atoms with E-state index in [2.05, 4.69) is 6.07 Å². The van der Waals surface area contributed by atoms with Gasteiger partial charge >= 0.3 is 0 Å². The number of hydrogen-bond acceptors (Lipinski definition) is 2. The highest BCUT2D eigenvalue weighted by Gasteiger charge is 2.27. The van der Waals surface area contributed by atoms with Crippen LogP contribution in [0.3, 0.4) is 0 Å². The summed E-state index contributed by atoms with van der Waals surface area (Å²) in [7, 11) is 1.91. The van der Waals surface area contributed by atoms with Crippen LogP contribution in [0, 0.1) is 23.2 Å². The Hall–Kier alpha value is -1.04. The third-order valence-corrected chi connectivity index (χ3v) is 3.59. The molecule has 90 valence electrons. The van der Waals surface area contributed by atoms with Crippen molar-refractivity contribution < 1.29 is 4.79 Å². The summed E-state index contributed by atoms with van der Waals surface area (Å²) in [6.45, 7) is 3.89. The molecule has 0 unspecified atom stereocenters. The number of rotatable bonds is 3. The van der Waals surface area contributed by atoms with Gasteiger partial charge in [-0.05, 0) is 31.6 Å². The average Bonchev–Trinajstić information content (AvgIpc) is 2.28. The van der Waals surface area contributed by atoms with Gasteiger partial charge in [-0.1, -0.05) is 13.8 Å². The maximum absolute atomic E-state index is 11.8. The second-order valence-electron chi connectivity index (χ2n) is 5.14. The smallest absolute Gasteiger partial charge is 0.225 e. The lowest BCUT2D eigenvalue weighted by Crippen LogP contribution is -2.41. The Morgan fingerprint density at radius 2 is 1.94 bits per heavy atom. The second-order valence-corrected chi connectivity index (χ2v) is 5.14. The Balaban J connectivity index is 2.42.